The second kappa shape index (κ2) is 2.50. The van der Waals surface area contributed by atoms with E-state index in [1.807, 2.05) is 6.07 Å². The summed E-state index contributed by atoms with van der Waals surface area (Å²) in [5.74, 6) is 5.97. The third kappa shape index (κ3) is 0.821. The molecule has 0 saturated heterocycles. The lowest BCUT2D eigenvalue weighted by Crippen LogP contribution is -2.26. The minimum Gasteiger partial charge on any atom is -0.295 e. The van der Waals surface area contributed by atoms with Gasteiger partial charge in [-0.3, -0.25) is 4.79 Å². The Labute approximate surface area is 101 Å². The molecule has 1 nitrogen and oxygen atoms in total. The number of carbonyl (C=O) groups is 1. The first-order chi connectivity index (χ1) is 8.27. The second-order valence-electron chi connectivity index (χ2n) is 6.51. The summed E-state index contributed by atoms with van der Waals surface area (Å²) in [4.78, 5) is 11.5. The molecule has 0 radical (unpaired) electrons. The molecular formula is C16H16O. The number of Topliss-reactive ketones (excluding diaryl/α,β-unsaturated/α-hetero) is 1. The zero-order valence-electron chi connectivity index (χ0n) is 10.0. The Bertz CT molecular complexity index is 559. The van der Waals surface area contributed by atoms with Gasteiger partial charge in [-0.05, 0) is 72.5 Å². The van der Waals surface area contributed by atoms with E-state index in [2.05, 4.69) is 12.1 Å². The van der Waals surface area contributed by atoms with Crippen LogP contribution in [0.3, 0.4) is 0 Å². The molecule has 3 fully saturated rings. The maximum Gasteiger partial charge on any atom is 0.159 e. The van der Waals surface area contributed by atoms with Gasteiger partial charge in [0.15, 0.2) is 5.78 Å². The fourth-order valence-electron chi connectivity index (χ4n) is 5.37. The van der Waals surface area contributed by atoms with Crippen LogP contribution in [-0.4, -0.2) is 5.78 Å². The van der Waals surface area contributed by atoms with Gasteiger partial charge in [0, 0.05) is 5.56 Å². The number of fused-ring (bicyclic) bond motifs is 7. The number of rotatable bonds is 1. The third-order valence-electron chi connectivity index (χ3n) is 6.10. The zero-order valence-corrected chi connectivity index (χ0v) is 10.0. The van der Waals surface area contributed by atoms with Gasteiger partial charge < -0.3 is 0 Å². The molecule has 0 aliphatic heterocycles. The summed E-state index contributed by atoms with van der Waals surface area (Å²) in [7, 11) is 0. The largest absolute Gasteiger partial charge is 0.295 e. The van der Waals surface area contributed by atoms with Crippen LogP contribution in [0.15, 0.2) is 18.2 Å². The van der Waals surface area contributed by atoms with Gasteiger partial charge in [-0.1, -0.05) is 12.1 Å². The van der Waals surface area contributed by atoms with Crippen molar-refractivity contribution in [1.29, 1.82) is 0 Å². The molecule has 17 heavy (non-hydrogen) atoms. The standard InChI is InChI=1S/C16H16O/c1-7(17)8-2-3-11-12(6-8)13-9-4-5-10(9)14-15(11)16(13)14/h2-3,6,9-10,13-16H,4-5H2,1H3/t9-,10-,13-,14+,15+,16-/m0/s1. The first kappa shape index (κ1) is 8.91. The predicted molar refractivity (Wildman–Crippen MR) is 65.1 cm³/mol. The SMILES string of the molecule is CC(=O)c1ccc2c(c1)[C@@H]1[C@H]3CC[C@@H]3[C@@H]3[C@@H]2[C@@H]13. The lowest BCUT2D eigenvalue weighted by molar-refractivity contribution is 0.101. The lowest BCUT2D eigenvalue weighted by atomic mass is 9.69. The highest BCUT2D eigenvalue weighted by Gasteiger charge is 2.73. The van der Waals surface area contributed by atoms with Crippen LogP contribution >= 0.6 is 0 Å². The summed E-state index contributed by atoms with van der Waals surface area (Å²) in [5.41, 5.74) is 4.07. The third-order valence-corrected chi connectivity index (χ3v) is 6.10. The normalized spacial score (nSPS) is 46.9. The Morgan fingerprint density at radius 1 is 1.06 bits per heavy atom. The van der Waals surface area contributed by atoms with Crippen molar-refractivity contribution in [3.8, 4) is 0 Å². The molecule has 86 valence electrons. The topological polar surface area (TPSA) is 17.1 Å². The van der Waals surface area contributed by atoms with Crippen LogP contribution in [0.4, 0.5) is 0 Å². The van der Waals surface area contributed by atoms with Gasteiger partial charge in [0.25, 0.3) is 0 Å². The van der Waals surface area contributed by atoms with E-state index in [-0.39, 0.29) is 5.78 Å². The minimum absolute atomic E-state index is 0.216. The highest BCUT2D eigenvalue weighted by molar-refractivity contribution is 5.94. The van der Waals surface area contributed by atoms with Crippen LogP contribution in [0.2, 0.25) is 0 Å². The summed E-state index contributed by atoms with van der Waals surface area (Å²) in [6.07, 6.45) is 2.92. The van der Waals surface area contributed by atoms with Crippen LogP contribution < -0.4 is 0 Å². The van der Waals surface area contributed by atoms with Crippen molar-refractivity contribution in [1.82, 2.24) is 0 Å². The Balaban J connectivity index is 1.69. The van der Waals surface area contributed by atoms with Crippen LogP contribution in [0.1, 0.15) is 53.1 Å². The van der Waals surface area contributed by atoms with Crippen molar-refractivity contribution < 1.29 is 4.79 Å². The average Bonchev–Trinajstić information content (AvgIpc) is 2.81. The maximum atomic E-state index is 11.5. The highest BCUT2D eigenvalue weighted by atomic mass is 16.1. The van der Waals surface area contributed by atoms with Gasteiger partial charge in [-0.25, -0.2) is 0 Å². The first-order valence-corrected chi connectivity index (χ1v) is 6.92. The second-order valence-corrected chi connectivity index (χ2v) is 6.51. The summed E-state index contributed by atoms with van der Waals surface area (Å²) in [5, 5.41) is 0. The molecule has 0 heterocycles. The quantitative estimate of drug-likeness (QED) is 0.668. The molecule has 4 aliphatic carbocycles. The van der Waals surface area contributed by atoms with Crippen LogP contribution in [0.5, 0.6) is 0 Å². The lowest BCUT2D eigenvalue weighted by Gasteiger charge is -2.36. The van der Waals surface area contributed by atoms with E-state index in [9.17, 15) is 4.79 Å². The molecule has 4 aliphatic rings. The Kier molecular flexibility index (Phi) is 1.31. The summed E-state index contributed by atoms with van der Waals surface area (Å²) < 4.78 is 0. The van der Waals surface area contributed by atoms with Gasteiger partial charge in [-0.2, -0.15) is 0 Å². The van der Waals surface area contributed by atoms with Crippen molar-refractivity contribution in [3.63, 3.8) is 0 Å². The van der Waals surface area contributed by atoms with Crippen LogP contribution in [0, 0.1) is 23.7 Å². The monoisotopic (exact) mass is 224 g/mol. The number of benzene rings is 1. The molecule has 3 saturated carbocycles. The molecule has 0 amide bonds. The Hall–Kier alpha value is -1.11. The molecule has 0 aromatic heterocycles. The van der Waals surface area contributed by atoms with Crippen LogP contribution in [0.25, 0.3) is 0 Å². The fraction of sp³-hybridized carbons (Fsp3) is 0.562. The zero-order chi connectivity index (χ0) is 11.3. The molecule has 6 atom stereocenters. The molecule has 1 heteroatoms. The molecule has 0 unspecified atom stereocenters. The van der Waals surface area contributed by atoms with Gasteiger partial charge >= 0.3 is 0 Å². The van der Waals surface area contributed by atoms with E-state index in [0.29, 0.717) is 0 Å². The number of carbonyl (C=O) groups excluding carboxylic acids is 1. The van der Waals surface area contributed by atoms with Crippen molar-refractivity contribution in [3.05, 3.63) is 34.9 Å². The van der Waals surface area contributed by atoms with E-state index in [1.54, 1.807) is 18.1 Å². The average molecular weight is 224 g/mol. The van der Waals surface area contributed by atoms with Gasteiger partial charge in [0.2, 0.25) is 0 Å². The number of hydrogen-bond acceptors (Lipinski definition) is 1. The molecule has 0 N–H and O–H groups in total. The first-order valence-electron chi connectivity index (χ1n) is 6.92. The molecular weight excluding hydrogens is 208 g/mol. The van der Waals surface area contributed by atoms with Gasteiger partial charge in [-0.15, -0.1) is 0 Å². The number of ketones is 1. The molecule has 1 aromatic rings. The molecule has 0 bridgehead atoms. The number of hydrogen-bond donors (Lipinski definition) is 0. The van der Waals surface area contributed by atoms with Crippen molar-refractivity contribution in [2.45, 2.75) is 31.6 Å². The van der Waals surface area contributed by atoms with Gasteiger partial charge in [0.1, 0.15) is 0 Å². The summed E-state index contributed by atoms with van der Waals surface area (Å²) >= 11 is 0. The summed E-state index contributed by atoms with van der Waals surface area (Å²) in [6, 6.07) is 6.52. The molecule has 1 aromatic carbocycles. The fourth-order valence-corrected chi connectivity index (χ4v) is 5.37. The van der Waals surface area contributed by atoms with E-state index < -0.39 is 0 Å². The van der Waals surface area contributed by atoms with Crippen molar-refractivity contribution in [2.24, 2.45) is 23.7 Å². The Morgan fingerprint density at radius 3 is 2.59 bits per heavy atom. The van der Waals surface area contributed by atoms with E-state index in [1.165, 1.54) is 12.8 Å². The van der Waals surface area contributed by atoms with E-state index in [0.717, 1.165) is 41.1 Å². The Morgan fingerprint density at radius 2 is 1.88 bits per heavy atom. The molecule has 0 spiro atoms. The van der Waals surface area contributed by atoms with Gasteiger partial charge in [0.05, 0.1) is 0 Å². The van der Waals surface area contributed by atoms with Crippen molar-refractivity contribution in [2.75, 3.05) is 0 Å². The van der Waals surface area contributed by atoms with Crippen LogP contribution in [-0.2, 0) is 0 Å². The van der Waals surface area contributed by atoms with E-state index >= 15 is 0 Å². The predicted octanol–water partition coefficient (Wildman–Crippen LogP) is 3.36. The maximum absolute atomic E-state index is 11.5. The summed E-state index contributed by atoms with van der Waals surface area (Å²) in [6.45, 7) is 1.68. The van der Waals surface area contributed by atoms with E-state index in [4.69, 9.17) is 0 Å². The molecule has 5 rings (SSSR count). The highest BCUT2D eigenvalue weighted by Crippen LogP contribution is 2.81. The van der Waals surface area contributed by atoms with Crippen molar-refractivity contribution >= 4 is 5.78 Å². The smallest absolute Gasteiger partial charge is 0.159 e. The minimum atomic E-state index is 0.216.